The number of halogens is 1. The van der Waals surface area contributed by atoms with E-state index < -0.39 is 12.0 Å². The van der Waals surface area contributed by atoms with Crippen LogP contribution in [0.15, 0.2) is 60.3 Å². The fraction of sp³-hybridized carbons (Fsp3) is 0.292. The van der Waals surface area contributed by atoms with Gasteiger partial charge in [-0.05, 0) is 58.0 Å². The van der Waals surface area contributed by atoms with Crippen LogP contribution in [0, 0.1) is 6.92 Å². The number of nitrogens with zero attached hydrogens (tertiary/aromatic N) is 2. The van der Waals surface area contributed by atoms with E-state index in [1.807, 2.05) is 25.1 Å². The average Bonchev–Trinajstić information content (AvgIpc) is 3.29. The van der Waals surface area contributed by atoms with Crippen molar-refractivity contribution in [3.05, 3.63) is 82.8 Å². The highest BCUT2D eigenvalue weighted by molar-refractivity contribution is 9.10. The van der Waals surface area contributed by atoms with Crippen LogP contribution < -0.4 is 19.6 Å². The molecule has 1 aliphatic rings. The van der Waals surface area contributed by atoms with E-state index in [1.54, 1.807) is 46.1 Å². The van der Waals surface area contributed by atoms with Gasteiger partial charge in [-0.2, -0.15) is 0 Å². The number of methoxy groups -OCH3 is 1. The second-order valence-electron chi connectivity index (χ2n) is 7.87. The molecule has 0 saturated carbocycles. The van der Waals surface area contributed by atoms with Crippen molar-refractivity contribution in [1.82, 2.24) is 4.57 Å². The number of hydrogen-bond donors (Lipinski definition) is 0. The van der Waals surface area contributed by atoms with E-state index in [9.17, 15) is 9.59 Å². The van der Waals surface area contributed by atoms with Crippen LogP contribution in [0.4, 0.5) is 0 Å². The molecule has 0 unspecified atom stereocenters. The van der Waals surface area contributed by atoms with Gasteiger partial charge in [0.05, 0.1) is 29.0 Å². The van der Waals surface area contributed by atoms with Crippen LogP contribution in [0.25, 0.3) is 6.08 Å². The number of ether oxygens (including phenoxy) is 2. The molecule has 9 heteroatoms. The van der Waals surface area contributed by atoms with Crippen LogP contribution in [0.1, 0.15) is 43.9 Å². The first-order valence-electron chi connectivity index (χ1n) is 10.3. The van der Waals surface area contributed by atoms with Gasteiger partial charge in [-0.1, -0.05) is 27.3 Å². The van der Waals surface area contributed by atoms with Crippen molar-refractivity contribution < 1.29 is 18.7 Å². The predicted octanol–water partition coefficient (Wildman–Crippen LogP) is 3.86. The van der Waals surface area contributed by atoms with Gasteiger partial charge in [-0.25, -0.2) is 9.79 Å². The van der Waals surface area contributed by atoms with Gasteiger partial charge in [-0.3, -0.25) is 9.36 Å². The summed E-state index contributed by atoms with van der Waals surface area (Å²) in [5.41, 5.74) is 1.17. The monoisotopic (exact) mass is 530 g/mol. The molecular formula is C24H23BrN2O5S. The molecule has 33 heavy (non-hydrogen) atoms. The standard InChI is InChI=1S/C24H23BrN2O5S/c1-12(2)31-23(29)20-14(4)26-24-27(21(20)17-10-15(25)7-9-18(17)30-5)22(28)19(33-24)11-16-8-6-13(3)32-16/h6-12,21H,1-5H3/b19-11-/t21-/m0/s1. The average molecular weight is 531 g/mol. The van der Waals surface area contributed by atoms with Gasteiger partial charge < -0.3 is 13.9 Å². The molecule has 4 rings (SSSR count). The van der Waals surface area contributed by atoms with E-state index in [2.05, 4.69) is 20.9 Å². The Morgan fingerprint density at radius 2 is 2.03 bits per heavy atom. The molecule has 0 aliphatic carbocycles. The van der Waals surface area contributed by atoms with E-state index in [0.29, 0.717) is 37.7 Å². The van der Waals surface area contributed by atoms with Crippen molar-refractivity contribution >= 4 is 39.3 Å². The third kappa shape index (κ3) is 4.47. The molecule has 3 heterocycles. The van der Waals surface area contributed by atoms with E-state index in [4.69, 9.17) is 13.9 Å². The summed E-state index contributed by atoms with van der Waals surface area (Å²) >= 11 is 4.74. The topological polar surface area (TPSA) is 83.0 Å². The van der Waals surface area contributed by atoms with Gasteiger partial charge in [0.15, 0.2) is 4.80 Å². The summed E-state index contributed by atoms with van der Waals surface area (Å²) in [7, 11) is 1.55. The number of carbonyl (C=O) groups is 1. The first kappa shape index (κ1) is 23.3. The summed E-state index contributed by atoms with van der Waals surface area (Å²) in [6, 6.07) is 8.36. The highest BCUT2D eigenvalue weighted by atomic mass is 79.9. The summed E-state index contributed by atoms with van der Waals surface area (Å²) in [5.74, 6) is 1.35. The lowest BCUT2D eigenvalue weighted by Gasteiger charge is -2.26. The van der Waals surface area contributed by atoms with Gasteiger partial charge in [0, 0.05) is 16.1 Å². The third-order valence-electron chi connectivity index (χ3n) is 5.11. The third-order valence-corrected chi connectivity index (χ3v) is 6.58. The maximum absolute atomic E-state index is 13.6. The fourth-order valence-corrected chi connectivity index (χ4v) is 5.14. The number of hydrogen-bond acceptors (Lipinski definition) is 7. The van der Waals surface area contributed by atoms with Crippen LogP contribution in [0.2, 0.25) is 0 Å². The Bertz CT molecular complexity index is 1440. The molecule has 3 aromatic rings. The number of thiazole rings is 1. The Morgan fingerprint density at radius 3 is 2.67 bits per heavy atom. The molecule has 7 nitrogen and oxygen atoms in total. The number of allylic oxidation sites excluding steroid dienone is 1. The zero-order valence-corrected chi connectivity index (χ0v) is 21.2. The number of esters is 1. The maximum atomic E-state index is 13.6. The van der Waals surface area contributed by atoms with Crippen molar-refractivity contribution in [2.75, 3.05) is 7.11 Å². The highest BCUT2D eigenvalue weighted by Crippen LogP contribution is 2.37. The summed E-state index contributed by atoms with van der Waals surface area (Å²) in [6.07, 6.45) is 1.37. The molecular weight excluding hydrogens is 508 g/mol. The molecule has 2 aromatic heterocycles. The molecule has 0 bridgehead atoms. The second-order valence-corrected chi connectivity index (χ2v) is 9.80. The van der Waals surface area contributed by atoms with Gasteiger partial charge in [0.2, 0.25) is 0 Å². The van der Waals surface area contributed by atoms with Crippen LogP contribution in [-0.4, -0.2) is 23.8 Å². The molecule has 172 valence electrons. The molecule has 0 radical (unpaired) electrons. The molecule has 1 aliphatic heterocycles. The second kappa shape index (κ2) is 9.15. The lowest BCUT2D eigenvalue weighted by Crippen LogP contribution is -2.40. The molecule has 0 amide bonds. The van der Waals surface area contributed by atoms with Crippen molar-refractivity contribution in [3.8, 4) is 5.75 Å². The quantitative estimate of drug-likeness (QED) is 0.467. The van der Waals surface area contributed by atoms with Crippen molar-refractivity contribution in [1.29, 1.82) is 0 Å². The lowest BCUT2D eigenvalue weighted by molar-refractivity contribution is -0.143. The highest BCUT2D eigenvalue weighted by Gasteiger charge is 2.35. The Labute approximate surface area is 202 Å². The smallest absolute Gasteiger partial charge is 0.338 e. The zero-order chi connectivity index (χ0) is 23.9. The van der Waals surface area contributed by atoms with Crippen molar-refractivity contribution in [2.45, 2.75) is 39.8 Å². The minimum Gasteiger partial charge on any atom is -0.496 e. The summed E-state index contributed by atoms with van der Waals surface area (Å²) in [4.78, 5) is 31.9. The molecule has 1 atom stereocenters. The molecule has 0 fully saturated rings. The number of benzene rings is 1. The van der Waals surface area contributed by atoms with E-state index in [-0.39, 0.29) is 11.7 Å². The minimum absolute atomic E-state index is 0.276. The Morgan fingerprint density at radius 1 is 1.27 bits per heavy atom. The van der Waals surface area contributed by atoms with Crippen LogP contribution >= 0.6 is 27.3 Å². The van der Waals surface area contributed by atoms with Gasteiger partial charge >= 0.3 is 5.97 Å². The van der Waals surface area contributed by atoms with Gasteiger partial charge in [0.25, 0.3) is 5.56 Å². The van der Waals surface area contributed by atoms with Gasteiger partial charge in [-0.15, -0.1) is 0 Å². The zero-order valence-electron chi connectivity index (χ0n) is 18.8. The normalized spacial score (nSPS) is 16.1. The molecule has 0 saturated heterocycles. The van der Waals surface area contributed by atoms with E-state index >= 15 is 0 Å². The van der Waals surface area contributed by atoms with Crippen molar-refractivity contribution in [3.63, 3.8) is 0 Å². The number of carbonyl (C=O) groups excluding carboxylic acids is 1. The van der Waals surface area contributed by atoms with Crippen LogP contribution in [-0.2, 0) is 9.53 Å². The number of aryl methyl sites for hydroxylation is 1. The largest absolute Gasteiger partial charge is 0.496 e. The number of fused-ring (bicyclic) bond motifs is 1. The Balaban J connectivity index is 2.01. The summed E-state index contributed by atoms with van der Waals surface area (Å²) in [5, 5.41) is 0. The van der Waals surface area contributed by atoms with Crippen LogP contribution in [0.3, 0.4) is 0 Å². The Kier molecular flexibility index (Phi) is 6.45. The first-order chi connectivity index (χ1) is 15.7. The maximum Gasteiger partial charge on any atom is 0.338 e. The van der Waals surface area contributed by atoms with Gasteiger partial charge in [0.1, 0.15) is 23.3 Å². The summed E-state index contributed by atoms with van der Waals surface area (Å²) in [6.45, 7) is 7.15. The molecule has 0 spiro atoms. The predicted molar refractivity (Wildman–Crippen MR) is 129 cm³/mol. The number of aromatic nitrogens is 1. The number of rotatable bonds is 5. The number of furan rings is 1. The SMILES string of the molecule is COc1ccc(Br)cc1[C@H]1C(C(=O)OC(C)C)=C(C)N=c2s/c(=C\c3ccc(C)o3)c(=O)n21. The minimum atomic E-state index is -0.763. The molecule has 0 N–H and O–H groups in total. The Hall–Kier alpha value is -2.91. The van der Waals surface area contributed by atoms with Crippen LogP contribution in [0.5, 0.6) is 5.75 Å². The van der Waals surface area contributed by atoms with E-state index in [1.165, 1.54) is 15.9 Å². The first-order valence-corrected chi connectivity index (χ1v) is 11.9. The molecule has 1 aromatic carbocycles. The van der Waals surface area contributed by atoms with E-state index in [0.717, 1.165) is 10.2 Å². The fourth-order valence-electron chi connectivity index (χ4n) is 3.73. The lowest BCUT2D eigenvalue weighted by atomic mass is 9.95. The van der Waals surface area contributed by atoms with Crippen molar-refractivity contribution in [2.24, 2.45) is 4.99 Å². The summed E-state index contributed by atoms with van der Waals surface area (Å²) < 4.78 is 19.5.